The van der Waals surface area contributed by atoms with E-state index in [1.165, 1.54) is 6.42 Å². The molecule has 2 heterocycles. The fraction of sp³-hybridized carbons (Fsp3) is 0.562. The lowest BCUT2D eigenvalue weighted by molar-refractivity contribution is -0.116. The van der Waals surface area contributed by atoms with E-state index in [0.29, 0.717) is 31.3 Å². The molecule has 2 N–H and O–H groups in total. The van der Waals surface area contributed by atoms with Gasteiger partial charge >= 0.3 is 0 Å². The lowest BCUT2D eigenvalue weighted by atomic mass is 10.0. The van der Waals surface area contributed by atoms with Crippen LogP contribution in [0.25, 0.3) is 0 Å². The minimum absolute atomic E-state index is 0.0684. The number of thioether (sulfide) groups is 1. The minimum Gasteiger partial charge on any atom is -0.486 e. The van der Waals surface area contributed by atoms with E-state index in [1.54, 1.807) is 11.8 Å². The summed E-state index contributed by atoms with van der Waals surface area (Å²) in [4.78, 5) is 13.2. The quantitative estimate of drug-likeness (QED) is 0.816. The van der Waals surface area contributed by atoms with Crippen molar-refractivity contribution in [1.29, 1.82) is 0 Å². The third kappa shape index (κ3) is 3.67. The van der Waals surface area contributed by atoms with Crippen LogP contribution in [0.15, 0.2) is 17.0 Å². The number of carbonyl (C=O) groups excluding carboxylic acids is 1. The first-order valence-corrected chi connectivity index (χ1v) is 8.97. The van der Waals surface area contributed by atoms with E-state index in [-0.39, 0.29) is 5.91 Å². The monoisotopic (exact) mass is 322 g/mol. The molecule has 0 spiro atoms. The molecule has 0 saturated carbocycles. The van der Waals surface area contributed by atoms with E-state index < -0.39 is 0 Å². The molecule has 0 aromatic heterocycles. The molecule has 5 nitrogen and oxygen atoms in total. The van der Waals surface area contributed by atoms with Crippen molar-refractivity contribution in [3.8, 4) is 11.5 Å². The lowest BCUT2D eigenvalue weighted by Crippen LogP contribution is -2.17. The van der Waals surface area contributed by atoms with Crippen LogP contribution in [-0.4, -0.2) is 38.5 Å². The summed E-state index contributed by atoms with van der Waals surface area (Å²) in [6, 6.07) is 3.81. The van der Waals surface area contributed by atoms with Gasteiger partial charge in [-0.3, -0.25) is 4.79 Å². The fourth-order valence-corrected chi connectivity index (χ4v) is 3.40. The predicted octanol–water partition coefficient (Wildman–Crippen LogP) is 2.51. The number of ether oxygens (including phenoxy) is 2. The van der Waals surface area contributed by atoms with Gasteiger partial charge in [0.05, 0.1) is 5.69 Å². The first-order chi connectivity index (χ1) is 10.8. The Balaban J connectivity index is 1.64. The van der Waals surface area contributed by atoms with Gasteiger partial charge in [-0.25, -0.2) is 0 Å². The van der Waals surface area contributed by atoms with Gasteiger partial charge in [0.15, 0.2) is 11.5 Å². The maximum absolute atomic E-state index is 12.2. The Bertz CT molecular complexity index is 544. The summed E-state index contributed by atoms with van der Waals surface area (Å²) >= 11 is 1.59. The fourth-order valence-electron chi connectivity index (χ4n) is 2.85. The topological polar surface area (TPSA) is 59.6 Å². The Morgan fingerprint density at radius 1 is 1.36 bits per heavy atom. The molecule has 0 aliphatic carbocycles. The average Bonchev–Trinajstić information content (AvgIpc) is 3.05. The smallest absolute Gasteiger partial charge is 0.224 e. The molecule has 2 aliphatic heterocycles. The van der Waals surface area contributed by atoms with Crippen molar-refractivity contribution in [2.75, 3.05) is 37.9 Å². The van der Waals surface area contributed by atoms with E-state index in [4.69, 9.17) is 9.47 Å². The van der Waals surface area contributed by atoms with E-state index in [0.717, 1.165) is 35.8 Å². The van der Waals surface area contributed by atoms with E-state index >= 15 is 0 Å². The zero-order valence-electron chi connectivity index (χ0n) is 12.8. The van der Waals surface area contributed by atoms with E-state index in [2.05, 4.69) is 10.6 Å². The summed E-state index contributed by atoms with van der Waals surface area (Å²) in [6.45, 7) is 3.23. The molecule has 2 aliphatic rings. The molecule has 1 atom stereocenters. The summed E-state index contributed by atoms with van der Waals surface area (Å²) in [5.74, 6) is 2.16. The molecule has 120 valence electrons. The molecule has 22 heavy (non-hydrogen) atoms. The number of benzene rings is 1. The summed E-state index contributed by atoms with van der Waals surface area (Å²) in [5.41, 5.74) is 0.811. The van der Waals surface area contributed by atoms with Crippen molar-refractivity contribution >= 4 is 23.4 Å². The van der Waals surface area contributed by atoms with Gasteiger partial charge in [0.2, 0.25) is 5.91 Å². The van der Waals surface area contributed by atoms with Crippen molar-refractivity contribution in [1.82, 2.24) is 5.32 Å². The van der Waals surface area contributed by atoms with E-state index in [9.17, 15) is 4.79 Å². The molecular weight excluding hydrogens is 300 g/mol. The number of fused-ring (bicyclic) bond motifs is 1. The first-order valence-electron chi connectivity index (χ1n) is 7.74. The number of amides is 1. The zero-order valence-corrected chi connectivity index (χ0v) is 13.6. The molecule has 0 bridgehead atoms. The molecule has 1 aromatic carbocycles. The van der Waals surface area contributed by atoms with Crippen LogP contribution in [0, 0.1) is 5.92 Å². The number of nitrogens with one attached hydrogen (secondary N) is 2. The van der Waals surface area contributed by atoms with Crippen molar-refractivity contribution in [2.45, 2.75) is 24.2 Å². The number of hydrogen-bond donors (Lipinski definition) is 2. The average molecular weight is 322 g/mol. The van der Waals surface area contributed by atoms with Gasteiger partial charge in [-0.1, -0.05) is 0 Å². The van der Waals surface area contributed by atoms with Crippen LogP contribution in [-0.2, 0) is 4.79 Å². The maximum Gasteiger partial charge on any atom is 0.224 e. The van der Waals surface area contributed by atoms with Gasteiger partial charge in [-0.2, -0.15) is 0 Å². The summed E-state index contributed by atoms with van der Waals surface area (Å²) in [6.07, 6.45) is 4.67. The highest BCUT2D eigenvalue weighted by atomic mass is 32.2. The van der Waals surface area contributed by atoms with Crippen molar-refractivity contribution in [3.05, 3.63) is 12.1 Å². The van der Waals surface area contributed by atoms with Gasteiger partial charge in [0, 0.05) is 17.4 Å². The number of carbonyl (C=O) groups is 1. The largest absolute Gasteiger partial charge is 0.486 e. The van der Waals surface area contributed by atoms with Gasteiger partial charge in [-0.05, 0) is 44.2 Å². The van der Waals surface area contributed by atoms with Crippen LogP contribution in [0.3, 0.4) is 0 Å². The molecule has 3 rings (SSSR count). The van der Waals surface area contributed by atoms with Crippen LogP contribution in [0.1, 0.15) is 19.3 Å². The molecule has 1 amide bonds. The number of anilines is 1. The second kappa shape index (κ2) is 7.24. The zero-order chi connectivity index (χ0) is 15.4. The number of rotatable bonds is 5. The number of hydrogen-bond acceptors (Lipinski definition) is 5. The Kier molecular flexibility index (Phi) is 5.10. The van der Waals surface area contributed by atoms with Crippen LogP contribution in [0.4, 0.5) is 5.69 Å². The van der Waals surface area contributed by atoms with Crippen molar-refractivity contribution in [3.63, 3.8) is 0 Å². The molecule has 6 heteroatoms. The highest BCUT2D eigenvalue weighted by Crippen LogP contribution is 2.39. The van der Waals surface area contributed by atoms with Crippen LogP contribution < -0.4 is 20.1 Å². The summed E-state index contributed by atoms with van der Waals surface area (Å²) in [7, 11) is 0. The standard InChI is InChI=1S/C16H22N2O3S/c1-22-15-9-14-13(20-6-7-21-14)8-12(15)18-16(19)3-2-11-4-5-17-10-11/h8-9,11,17H,2-7,10H2,1H3,(H,18,19). The van der Waals surface area contributed by atoms with Gasteiger partial charge in [0.25, 0.3) is 0 Å². The Morgan fingerprint density at radius 3 is 2.82 bits per heavy atom. The molecule has 0 radical (unpaired) electrons. The lowest BCUT2D eigenvalue weighted by Gasteiger charge is -2.21. The second-order valence-electron chi connectivity index (χ2n) is 5.64. The molecule has 1 fully saturated rings. The van der Waals surface area contributed by atoms with Gasteiger partial charge in [-0.15, -0.1) is 11.8 Å². The molecule has 1 aromatic rings. The third-order valence-electron chi connectivity index (χ3n) is 4.08. The second-order valence-corrected chi connectivity index (χ2v) is 6.49. The third-order valence-corrected chi connectivity index (χ3v) is 4.86. The predicted molar refractivity (Wildman–Crippen MR) is 88.1 cm³/mol. The maximum atomic E-state index is 12.2. The van der Waals surface area contributed by atoms with E-state index in [1.807, 2.05) is 18.4 Å². The molecule has 1 unspecified atom stereocenters. The Labute approximate surface area is 135 Å². The first kappa shape index (κ1) is 15.5. The molecule has 1 saturated heterocycles. The Hall–Kier alpha value is -1.40. The highest BCUT2D eigenvalue weighted by molar-refractivity contribution is 7.98. The Morgan fingerprint density at radius 2 is 2.14 bits per heavy atom. The van der Waals surface area contributed by atoms with Crippen LogP contribution in [0.5, 0.6) is 11.5 Å². The summed E-state index contributed by atoms with van der Waals surface area (Å²) in [5, 5.41) is 6.35. The van der Waals surface area contributed by atoms with Crippen molar-refractivity contribution in [2.24, 2.45) is 5.92 Å². The van der Waals surface area contributed by atoms with Gasteiger partial charge in [0.1, 0.15) is 13.2 Å². The highest BCUT2D eigenvalue weighted by Gasteiger charge is 2.18. The minimum atomic E-state index is 0.0684. The van der Waals surface area contributed by atoms with Crippen LogP contribution >= 0.6 is 11.8 Å². The molecular formula is C16H22N2O3S. The summed E-state index contributed by atoms with van der Waals surface area (Å²) < 4.78 is 11.2. The van der Waals surface area contributed by atoms with Gasteiger partial charge < -0.3 is 20.1 Å². The van der Waals surface area contributed by atoms with Crippen molar-refractivity contribution < 1.29 is 14.3 Å². The van der Waals surface area contributed by atoms with Crippen LogP contribution in [0.2, 0.25) is 0 Å². The normalized spacial score (nSPS) is 20.0. The SMILES string of the molecule is CSc1cc2c(cc1NC(=O)CCC1CCNC1)OCCO2.